The van der Waals surface area contributed by atoms with Crippen LogP contribution in [0.3, 0.4) is 0 Å². The first-order chi connectivity index (χ1) is 17.8. The van der Waals surface area contributed by atoms with Crippen molar-refractivity contribution in [3.63, 3.8) is 0 Å². The monoisotopic (exact) mass is 516 g/mol. The molecule has 1 heterocycles. The normalized spacial score (nSPS) is 21.9. The molecule has 0 aliphatic carbocycles. The van der Waals surface area contributed by atoms with Crippen molar-refractivity contribution < 1.29 is 19.0 Å². The summed E-state index contributed by atoms with van der Waals surface area (Å²) in [4.78, 5) is 13.3. The predicted molar refractivity (Wildman–Crippen MR) is 151 cm³/mol. The molecule has 0 aromatic heterocycles. The molecule has 1 aliphatic heterocycles. The number of carbonyl (C=O) groups excluding carboxylic acids is 1. The van der Waals surface area contributed by atoms with Crippen molar-refractivity contribution in [3.05, 3.63) is 114 Å². The van der Waals surface area contributed by atoms with Crippen LogP contribution in [0.1, 0.15) is 43.9 Å². The fourth-order valence-corrected chi connectivity index (χ4v) is 5.38. The Labute approximate surface area is 225 Å². The summed E-state index contributed by atoms with van der Waals surface area (Å²) in [5.74, 6) is 0. The van der Waals surface area contributed by atoms with Gasteiger partial charge in [-0.25, -0.2) is 0 Å². The van der Waals surface area contributed by atoms with Crippen LogP contribution in [0.15, 0.2) is 97.1 Å². The molecule has 5 heteroatoms. The van der Waals surface area contributed by atoms with E-state index in [4.69, 9.17) is 14.2 Å². The van der Waals surface area contributed by atoms with E-state index >= 15 is 0 Å². The van der Waals surface area contributed by atoms with Gasteiger partial charge in [0.05, 0.1) is 26.2 Å². The minimum absolute atomic E-state index is 0.0715. The first-order valence-electron chi connectivity index (χ1n) is 12.7. The van der Waals surface area contributed by atoms with Crippen molar-refractivity contribution in [2.24, 2.45) is 0 Å². The highest BCUT2D eigenvalue weighted by Gasteiger charge is 2.51. The fraction of sp³-hybridized carbons (Fsp3) is 0.344. The zero-order chi connectivity index (χ0) is 26.1. The SMILES string of the molecule is CC(C)(C)SC(=O)C[C@]1(/C=C\c2ccccc2)OC[C@@H](OCc2ccccc2)[C@@H]1OCc1ccccc1. The summed E-state index contributed by atoms with van der Waals surface area (Å²) < 4.78 is 19.2. The van der Waals surface area contributed by atoms with Crippen LogP contribution < -0.4 is 0 Å². The number of carbonyl (C=O) groups is 1. The Kier molecular flexibility index (Phi) is 9.38. The van der Waals surface area contributed by atoms with E-state index in [1.807, 2.05) is 124 Å². The van der Waals surface area contributed by atoms with Gasteiger partial charge in [-0.2, -0.15) is 0 Å². The number of hydrogen-bond acceptors (Lipinski definition) is 5. The highest BCUT2D eigenvalue weighted by Crippen LogP contribution is 2.39. The van der Waals surface area contributed by atoms with Crippen molar-refractivity contribution in [2.45, 2.75) is 63.0 Å². The Morgan fingerprint density at radius 2 is 1.43 bits per heavy atom. The molecule has 1 aliphatic rings. The van der Waals surface area contributed by atoms with Crippen LogP contribution in [0, 0.1) is 0 Å². The van der Waals surface area contributed by atoms with Crippen LogP contribution >= 0.6 is 11.8 Å². The second-order valence-electron chi connectivity index (χ2n) is 10.3. The molecular weight excluding hydrogens is 480 g/mol. The Balaban J connectivity index is 1.63. The number of hydrogen-bond donors (Lipinski definition) is 0. The minimum atomic E-state index is -0.943. The van der Waals surface area contributed by atoms with Gasteiger partial charge in [0.1, 0.15) is 17.8 Å². The molecule has 0 saturated carbocycles. The lowest BCUT2D eigenvalue weighted by molar-refractivity contribution is -0.123. The van der Waals surface area contributed by atoms with E-state index < -0.39 is 11.7 Å². The molecule has 37 heavy (non-hydrogen) atoms. The lowest BCUT2D eigenvalue weighted by Gasteiger charge is -2.33. The molecule has 0 N–H and O–H groups in total. The summed E-state index contributed by atoms with van der Waals surface area (Å²) in [6, 6.07) is 30.2. The number of thioether (sulfide) groups is 1. The minimum Gasteiger partial charge on any atom is -0.368 e. The second kappa shape index (κ2) is 12.7. The van der Waals surface area contributed by atoms with Crippen molar-refractivity contribution >= 4 is 23.0 Å². The highest BCUT2D eigenvalue weighted by atomic mass is 32.2. The van der Waals surface area contributed by atoms with Gasteiger partial charge in [0.2, 0.25) is 0 Å². The van der Waals surface area contributed by atoms with E-state index in [0.29, 0.717) is 19.8 Å². The third-order valence-corrected chi connectivity index (χ3v) is 7.10. The molecule has 1 fully saturated rings. The van der Waals surface area contributed by atoms with E-state index in [1.54, 1.807) is 0 Å². The smallest absolute Gasteiger partial charge is 0.192 e. The summed E-state index contributed by atoms with van der Waals surface area (Å²) in [7, 11) is 0. The van der Waals surface area contributed by atoms with Crippen LogP contribution in [0.25, 0.3) is 6.08 Å². The summed E-state index contributed by atoms with van der Waals surface area (Å²) >= 11 is 1.34. The van der Waals surface area contributed by atoms with E-state index in [2.05, 4.69) is 0 Å². The predicted octanol–water partition coefficient (Wildman–Crippen LogP) is 7.09. The van der Waals surface area contributed by atoms with Crippen molar-refractivity contribution in [2.75, 3.05) is 6.61 Å². The lowest BCUT2D eigenvalue weighted by Crippen LogP contribution is -2.45. The van der Waals surface area contributed by atoms with Crippen LogP contribution in [0.5, 0.6) is 0 Å². The van der Waals surface area contributed by atoms with Gasteiger partial charge in [0, 0.05) is 4.75 Å². The second-order valence-corrected chi connectivity index (χ2v) is 12.2. The summed E-state index contributed by atoms with van der Waals surface area (Å²) in [5.41, 5.74) is 2.24. The maximum Gasteiger partial charge on any atom is 0.192 e. The Morgan fingerprint density at radius 3 is 2.00 bits per heavy atom. The maximum absolute atomic E-state index is 13.3. The zero-order valence-electron chi connectivity index (χ0n) is 21.8. The Morgan fingerprint density at radius 1 is 0.892 bits per heavy atom. The molecule has 0 unspecified atom stereocenters. The molecule has 3 atom stereocenters. The van der Waals surface area contributed by atoms with Crippen LogP contribution in [0.4, 0.5) is 0 Å². The van der Waals surface area contributed by atoms with Crippen LogP contribution in [-0.4, -0.2) is 34.3 Å². The largest absolute Gasteiger partial charge is 0.368 e. The zero-order valence-corrected chi connectivity index (χ0v) is 22.7. The molecule has 0 radical (unpaired) electrons. The van der Waals surface area contributed by atoms with Crippen molar-refractivity contribution in [1.29, 1.82) is 0 Å². The van der Waals surface area contributed by atoms with Gasteiger partial charge >= 0.3 is 0 Å². The standard InChI is InChI=1S/C32H36O4S/c1-31(2,3)37-29(33)21-32(20-19-25-13-7-4-8-14-25)30(35-23-27-17-11-6-12-18-27)28(24-36-32)34-22-26-15-9-5-10-16-26/h4-20,28,30H,21-24H2,1-3H3/b20-19-/t28-,30+,32+/m1/s1. The maximum atomic E-state index is 13.3. The number of ether oxygens (including phenoxy) is 3. The molecule has 0 spiro atoms. The average Bonchev–Trinajstić information content (AvgIpc) is 3.22. The quantitative estimate of drug-likeness (QED) is 0.288. The first kappa shape index (κ1) is 27.3. The van der Waals surface area contributed by atoms with E-state index in [0.717, 1.165) is 16.7 Å². The van der Waals surface area contributed by atoms with Gasteiger partial charge in [-0.15, -0.1) is 0 Å². The van der Waals surface area contributed by atoms with Crippen molar-refractivity contribution in [3.8, 4) is 0 Å². The number of rotatable bonds is 10. The molecule has 3 aromatic carbocycles. The molecule has 0 bridgehead atoms. The first-order valence-corrected chi connectivity index (χ1v) is 13.6. The molecule has 3 aromatic rings. The summed E-state index contributed by atoms with van der Waals surface area (Å²) in [5, 5.41) is 0.0715. The molecule has 194 valence electrons. The Hall–Kier alpha value is -2.70. The van der Waals surface area contributed by atoms with Gasteiger partial charge in [-0.1, -0.05) is 130 Å². The molecule has 4 rings (SSSR count). The highest BCUT2D eigenvalue weighted by molar-refractivity contribution is 8.14. The van der Waals surface area contributed by atoms with E-state index in [9.17, 15) is 4.79 Å². The van der Waals surface area contributed by atoms with Gasteiger partial charge in [0.15, 0.2) is 5.12 Å². The van der Waals surface area contributed by atoms with E-state index in [1.165, 1.54) is 11.8 Å². The van der Waals surface area contributed by atoms with Gasteiger partial charge in [-0.05, 0) is 22.8 Å². The Bertz CT molecular complexity index is 1140. The fourth-order valence-electron chi connectivity index (χ4n) is 4.40. The summed E-state index contributed by atoms with van der Waals surface area (Å²) in [6.07, 6.45) is 3.44. The van der Waals surface area contributed by atoms with Gasteiger partial charge in [-0.3, -0.25) is 4.79 Å². The molecule has 4 nitrogen and oxygen atoms in total. The van der Waals surface area contributed by atoms with Crippen LogP contribution in [-0.2, 0) is 32.2 Å². The average molecular weight is 517 g/mol. The topological polar surface area (TPSA) is 44.8 Å². The number of benzene rings is 3. The molecule has 0 amide bonds. The van der Waals surface area contributed by atoms with Crippen LogP contribution in [0.2, 0.25) is 0 Å². The van der Waals surface area contributed by atoms with Gasteiger partial charge < -0.3 is 14.2 Å². The molecular formula is C32H36O4S. The molecule has 1 saturated heterocycles. The lowest BCUT2D eigenvalue weighted by atomic mass is 9.90. The third-order valence-electron chi connectivity index (χ3n) is 6.11. The third kappa shape index (κ3) is 8.14. The van der Waals surface area contributed by atoms with Crippen molar-refractivity contribution in [1.82, 2.24) is 0 Å². The van der Waals surface area contributed by atoms with E-state index in [-0.39, 0.29) is 22.4 Å². The summed E-state index contributed by atoms with van der Waals surface area (Å²) in [6.45, 7) is 7.34. The van der Waals surface area contributed by atoms with Gasteiger partial charge in [0.25, 0.3) is 0 Å².